The molecule has 0 unspecified atom stereocenters. The maximum absolute atomic E-state index is 8.90. The van der Waals surface area contributed by atoms with Gasteiger partial charge in [0.15, 0.2) is 0 Å². The van der Waals surface area contributed by atoms with E-state index in [0.29, 0.717) is 23.2 Å². The number of nitrogens with zero attached hydrogens (tertiary/aromatic N) is 1. The zero-order valence-corrected chi connectivity index (χ0v) is 8.66. The van der Waals surface area contributed by atoms with Crippen LogP contribution in [0.1, 0.15) is 12.6 Å². The minimum Gasteiger partial charge on any atom is -0.473 e. The van der Waals surface area contributed by atoms with E-state index in [2.05, 4.69) is 4.98 Å². The Hall–Kier alpha value is -1.06. The minimum absolute atomic E-state index is 0.181. The molecule has 0 saturated heterocycles. The lowest BCUT2D eigenvalue weighted by atomic mass is 10.3. The van der Waals surface area contributed by atoms with Crippen LogP contribution in [-0.4, -0.2) is 16.7 Å². The fourth-order valence-electron chi connectivity index (χ4n) is 0.885. The SMILES string of the molecule is CC=CCOc1ccc(Cl)c(CO)n1. The molecular formula is C10H12ClNO2. The van der Waals surface area contributed by atoms with Crippen molar-refractivity contribution in [1.29, 1.82) is 0 Å². The Balaban J connectivity index is 2.69. The Morgan fingerprint density at radius 2 is 2.36 bits per heavy atom. The molecule has 0 aromatic carbocycles. The van der Waals surface area contributed by atoms with Crippen LogP contribution in [0.2, 0.25) is 5.02 Å². The van der Waals surface area contributed by atoms with E-state index in [1.807, 2.05) is 19.1 Å². The molecule has 0 amide bonds. The molecule has 0 bridgehead atoms. The van der Waals surface area contributed by atoms with Gasteiger partial charge in [-0.3, -0.25) is 0 Å². The Kier molecular flexibility index (Phi) is 4.43. The van der Waals surface area contributed by atoms with E-state index in [-0.39, 0.29) is 6.61 Å². The summed E-state index contributed by atoms with van der Waals surface area (Å²) in [5.41, 5.74) is 0.435. The predicted molar refractivity (Wildman–Crippen MR) is 55.5 cm³/mol. The average Bonchev–Trinajstić information content (AvgIpc) is 2.21. The maximum atomic E-state index is 8.90. The summed E-state index contributed by atoms with van der Waals surface area (Å²) in [4.78, 5) is 4.02. The number of halogens is 1. The van der Waals surface area contributed by atoms with Gasteiger partial charge in [-0.2, -0.15) is 0 Å². The molecule has 0 aliphatic carbocycles. The summed E-state index contributed by atoms with van der Waals surface area (Å²) in [5, 5.41) is 9.35. The van der Waals surface area contributed by atoms with Crippen molar-refractivity contribution in [2.24, 2.45) is 0 Å². The fourth-order valence-corrected chi connectivity index (χ4v) is 1.05. The molecule has 0 fully saturated rings. The van der Waals surface area contributed by atoms with Gasteiger partial charge >= 0.3 is 0 Å². The quantitative estimate of drug-likeness (QED) is 0.780. The minimum atomic E-state index is -0.181. The van der Waals surface area contributed by atoms with Gasteiger partial charge in [-0.05, 0) is 13.0 Å². The Morgan fingerprint density at radius 1 is 1.57 bits per heavy atom. The first-order chi connectivity index (χ1) is 6.77. The van der Waals surface area contributed by atoms with Crippen LogP contribution in [0.3, 0.4) is 0 Å². The van der Waals surface area contributed by atoms with Gasteiger partial charge in [0.25, 0.3) is 0 Å². The third-order valence-electron chi connectivity index (χ3n) is 1.61. The Labute approximate surface area is 88.0 Å². The highest BCUT2D eigenvalue weighted by atomic mass is 35.5. The monoisotopic (exact) mass is 213 g/mol. The standard InChI is InChI=1S/C10H12ClNO2/c1-2-3-6-14-10-5-4-8(11)9(7-13)12-10/h2-5,13H,6-7H2,1H3. The number of aromatic nitrogens is 1. The van der Waals surface area contributed by atoms with Crippen molar-refractivity contribution >= 4 is 11.6 Å². The van der Waals surface area contributed by atoms with Gasteiger partial charge in [0.1, 0.15) is 6.61 Å². The van der Waals surface area contributed by atoms with Crippen LogP contribution in [-0.2, 0) is 6.61 Å². The number of allylic oxidation sites excluding steroid dienone is 1. The van der Waals surface area contributed by atoms with E-state index >= 15 is 0 Å². The Bertz CT molecular complexity index is 326. The number of ether oxygens (including phenoxy) is 1. The summed E-state index contributed by atoms with van der Waals surface area (Å²) in [6.45, 7) is 2.20. The molecule has 0 radical (unpaired) electrons. The highest BCUT2D eigenvalue weighted by molar-refractivity contribution is 6.31. The first-order valence-corrected chi connectivity index (χ1v) is 4.66. The summed E-state index contributed by atoms with van der Waals surface area (Å²) < 4.78 is 5.28. The summed E-state index contributed by atoms with van der Waals surface area (Å²) >= 11 is 5.77. The van der Waals surface area contributed by atoms with E-state index in [9.17, 15) is 0 Å². The third-order valence-corrected chi connectivity index (χ3v) is 1.95. The van der Waals surface area contributed by atoms with Crippen molar-refractivity contribution in [3.05, 3.63) is 35.0 Å². The van der Waals surface area contributed by atoms with E-state index in [4.69, 9.17) is 21.4 Å². The Morgan fingerprint density at radius 3 is 3.00 bits per heavy atom. The normalized spacial score (nSPS) is 10.8. The zero-order chi connectivity index (χ0) is 10.4. The van der Waals surface area contributed by atoms with Crippen LogP contribution in [0, 0.1) is 0 Å². The molecule has 0 saturated carbocycles. The van der Waals surface area contributed by atoms with E-state index in [0.717, 1.165) is 0 Å². The molecule has 0 atom stereocenters. The first kappa shape index (κ1) is 11.0. The van der Waals surface area contributed by atoms with Gasteiger partial charge in [-0.1, -0.05) is 23.8 Å². The number of rotatable bonds is 4. The summed E-state index contributed by atoms with van der Waals surface area (Å²) in [6.07, 6.45) is 3.76. The van der Waals surface area contributed by atoms with Gasteiger partial charge < -0.3 is 9.84 Å². The third kappa shape index (κ3) is 3.01. The molecule has 0 aliphatic heterocycles. The van der Waals surface area contributed by atoms with Crippen molar-refractivity contribution in [2.45, 2.75) is 13.5 Å². The number of hydrogen-bond donors (Lipinski definition) is 1. The number of aliphatic hydroxyl groups excluding tert-OH is 1. The second-order valence-corrected chi connectivity index (χ2v) is 3.02. The summed E-state index contributed by atoms with van der Waals surface area (Å²) in [6, 6.07) is 3.33. The smallest absolute Gasteiger partial charge is 0.213 e. The van der Waals surface area contributed by atoms with Crippen LogP contribution in [0.4, 0.5) is 0 Å². The van der Waals surface area contributed by atoms with Crippen LogP contribution in [0.25, 0.3) is 0 Å². The van der Waals surface area contributed by atoms with Crippen molar-refractivity contribution < 1.29 is 9.84 Å². The molecule has 1 heterocycles. The number of aliphatic hydroxyl groups is 1. The van der Waals surface area contributed by atoms with E-state index < -0.39 is 0 Å². The molecule has 4 heteroatoms. The molecule has 1 aromatic heterocycles. The molecular weight excluding hydrogens is 202 g/mol. The van der Waals surface area contributed by atoms with E-state index in [1.54, 1.807) is 12.1 Å². The second-order valence-electron chi connectivity index (χ2n) is 2.62. The largest absolute Gasteiger partial charge is 0.473 e. The highest BCUT2D eigenvalue weighted by Gasteiger charge is 2.02. The van der Waals surface area contributed by atoms with Gasteiger partial charge in [0.05, 0.1) is 17.3 Å². The van der Waals surface area contributed by atoms with E-state index in [1.165, 1.54) is 0 Å². The van der Waals surface area contributed by atoms with Crippen LogP contribution >= 0.6 is 11.6 Å². The van der Waals surface area contributed by atoms with Gasteiger partial charge in [0, 0.05) is 6.07 Å². The highest BCUT2D eigenvalue weighted by Crippen LogP contribution is 2.17. The van der Waals surface area contributed by atoms with Gasteiger partial charge in [-0.15, -0.1) is 0 Å². The lowest BCUT2D eigenvalue weighted by Gasteiger charge is -2.04. The summed E-state index contributed by atoms with van der Waals surface area (Å²) in [5.74, 6) is 0.469. The van der Waals surface area contributed by atoms with Crippen LogP contribution < -0.4 is 4.74 Å². The zero-order valence-electron chi connectivity index (χ0n) is 7.90. The molecule has 0 aliphatic rings. The van der Waals surface area contributed by atoms with Gasteiger partial charge in [0.2, 0.25) is 5.88 Å². The molecule has 3 nitrogen and oxygen atoms in total. The van der Waals surface area contributed by atoms with Crippen molar-refractivity contribution in [3.8, 4) is 5.88 Å². The van der Waals surface area contributed by atoms with Crippen molar-refractivity contribution in [3.63, 3.8) is 0 Å². The topological polar surface area (TPSA) is 42.4 Å². The molecule has 1 aromatic rings. The number of hydrogen-bond acceptors (Lipinski definition) is 3. The van der Waals surface area contributed by atoms with Crippen molar-refractivity contribution in [2.75, 3.05) is 6.61 Å². The molecule has 1 N–H and O–H groups in total. The molecule has 14 heavy (non-hydrogen) atoms. The fraction of sp³-hybridized carbons (Fsp3) is 0.300. The molecule has 76 valence electrons. The average molecular weight is 214 g/mol. The summed E-state index contributed by atoms with van der Waals surface area (Å²) in [7, 11) is 0. The molecule has 1 rings (SSSR count). The molecule has 0 spiro atoms. The lowest BCUT2D eigenvalue weighted by Crippen LogP contribution is -1.98. The lowest BCUT2D eigenvalue weighted by molar-refractivity contribution is 0.273. The van der Waals surface area contributed by atoms with Crippen LogP contribution in [0.5, 0.6) is 5.88 Å². The van der Waals surface area contributed by atoms with Crippen LogP contribution in [0.15, 0.2) is 24.3 Å². The second kappa shape index (κ2) is 5.62. The van der Waals surface area contributed by atoms with Gasteiger partial charge in [-0.25, -0.2) is 4.98 Å². The van der Waals surface area contributed by atoms with Crippen molar-refractivity contribution in [1.82, 2.24) is 4.98 Å². The first-order valence-electron chi connectivity index (χ1n) is 4.28. The maximum Gasteiger partial charge on any atom is 0.213 e. The number of pyridine rings is 1. The predicted octanol–water partition coefficient (Wildman–Crippen LogP) is 2.18.